The third kappa shape index (κ3) is 2.98. The van der Waals surface area contributed by atoms with E-state index in [0.717, 1.165) is 0 Å². The van der Waals surface area contributed by atoms with Crippen LogP contribution in [0.4, 0.5) is 0 Å². The molecule has 1 saturated heterocycles. The third-order valence-electron chi connectivity index (χ3n) is 5.34. The highest BCUT2D eigenvalue weighted by molar-refractivity contribution is 7.89. The molecule has 0 bridgehead atoms. The summed E-state index contributed by atoms with van der Waals surface area (Å²) in [6.45, 7) is 8.05. The van der Waals surface area contributed by atoms with Gasteiger partial charge in [-0.15, -0.1) is 0 Å². The zero-order chi connectivity index (χ0) is 17.6. The summed E-state index contributed by atoms with van der Waals surface area (Å²) in [4.78, 5) is 26.0. The Hall–Kier alpha value is -1.15. The summed E-state index contributed by atoms with van der Waals surface area (Å²) in [5.74, 6) is -1.70. The molecule has 7 nitrogen and oxygen atoms in total. The average Bonchev–Trinajstić information content (AvgIpc) is 3.23. The lowest BCUT2D eigenvalue weighted by atomic mass is 9.87. The van der Waals surface area contributed by atoms with Gasteiger partial charge in [0.15, 0.2) is 0 Å². The van der Waals surface area contributed by atoms with E-state index < -0.39 is 27.3 Å². The Kier molecular flexibility index (Phi) is 4.79. The Morgan fingerprint density at radius 1 is 1.30 bits per heavy atom. The first-order valence-corrected chi connectivity index (χ1v) is 9.70. The van der Waals surface area contributed by atoms with Gasteiger partial charge in [0.1, 0.15) is 0 Å². The van der Waals surface area contributed by atoms with Crippen LogP contribution < -0.4 is 0 Å². The maximum absolute atomic E-state index is 13.0. The number of carboxylic acids is 1. The smallest absolute Gasteiger partial charge is 0.307 e. The molecule has 2 aliphatic rings. The Morgan fingerprint density at radius 3 is 2.30 bits per heavy atom. The van der Waals surface area contributed by atoms with Crippen LogP contribution >= 0.6 is 0 Å². The monoisotopic (exact) mass is 346 g/mol. The maximum atomic E-state index is 13.0. The quantitative estimate of drug-likeness (QED) is 0.787. The second kappa shape index (κ2) is 6.05. The molecule has 0 aromatic carbocycles. The predicted octanol–water partition coefficient (Wildman–Crippen LogP) is 0.616. The fourth-order valence-electron chi connectivity index (χ4n) is 3.64. The molecule has 2 fully saturated rings. The van der Waals surface area contributed by atoms with Gasteiger partial charge < -0.3 is 10.0 Å². The number of carbonyl (C=O) groups excluding carboxylic acids is 1. The summed E-state index contributed by atoms with van der Waals surface area (Å²) >= 11 is 0. The first-order valence-electron chi connectivity index (χ1n) is 8.09. The fraction of sp³-hybridized carbons (Fsp3) is 0.867. The van der Waals surface area contributed by atoms with Crippen molar-refractivity contribution in [1.82, 2.24) is 9.21 Å². The summed E-state index contributed by atoms with van der Waals surface area (Å²) in [5, 5.41) is 9.27. The number of carbonyl (C=O) groups is 2. The van der Waals surface area contributed by atoms with Crippen LogP contribution in [0.2, 0.25) is 0 Å². The minimum atomic E-state index is -3.26. The predicted molar refractivity (Wildman–Crippen MR) is 85.2 cm³/mol. The van der Waals surface area contributed by atoms with Crippen molar-refractivity contribution in [2.45, 2.75) is 40.2 Å². The average molecular weight is 346 g/mol. The number of aliphatic carboxylic acids is 1. The first kappa shape index (κ1) is 18.2. The SMILES string of the molecule is CCS(=O)(=O)N1CCN(C(=O)[C@]2(C(C)C)C[C@@H]2C(=O)O)[C@H](C)C1. The van der Waals surface area contributed by atoms with Crippen LogP contribution in [0.25, 0.3) is 0 Å². The van der Waals surface area contributed by atoms with E-state index >= 15 is 0 Å². The number of nitrogens with zero attached hydrogens (tertiary/aromatic N) is 2. The minimum absolute atomic E-state index is 0.0463. The van der Waals surface area contributed by atoms with Crippen molar-refractivity contribution in [3.05, 3.63) is 0 Å². The number of amides is 1. The Labute approximate surface area is 137 Å². The molecule has 1 aliphatic heterocycles. The zero-order valence-electron chi connectivity index (χ0n) is 14.2. The lowest BCUT2D eigenvalue weighted by Crippen LogP contribution is -2.57. The van der Waals surface area contributed by atoms with E-state index in [0.29, 0.717) is 13.0 Å². The number of piperazine rings is 1. The van der Waals surface area contributed by atoms with Gasteiger partial charge in [-0.2, -0.15) is 4.31 Å². The molecular weight excluding hydrogens is 320 g/mol. The third-order valence-corrected chi connectivity index (χ3v) is 7.19. The maximum Gasteiger partial charge on any atom is 0.307 e. The van der Waals surface area contributed by atoms with E-state index in [1.54, 1.807) is 11.8 Å². The van der Waals surface area contributed by atoms with Crippen molar-refractivity contribution < 1.29 is 23.1 Å². The van der Waals surface area contributed by atoms with Crippen molar-refractivity contribution in [2.24, 2.45) is 17.3 Å². The van der Waals surface area contributed by atoms with Gasteiger partial charge >= 0.3 is 5.97 Å². The molecule has 8 heteroatoms. The Balaban J connectivity index is 2.15. The highest BCUT2D eigenvalue weighted by Gasteiger charge is 2.66. The molecule has 2 rings (SSSR count). The van der Waals surface area contributed by atoms with Gasteiger partial charge in [0, 0.05) is 25.7 Å². The molecule has 1 aliphatic carbocycles. The molecule has 132 valence electrons. The summed E-state index contributed by atoms with van der Waals surface area (Å²) in [6, 6.07) is -0.247. The highest BCUT2D eigenvalue weighted by atomic mass is 32.2. The van der Waals surface area contributed by atoms with E-state index in [1.807, 2.05) is 20.8 Å². The van der Waals surface area contributed by atoms with Gasteiger partial charge in [-0.1, -0.05) is 13.8 Å². The van der Waals surface area contributed by atoms with E-state index in [4.69, 9.17) is 0 Å². The van der Waals surface area contributed by atoms with Crippen LogP contribution in [0.5, 0.6) is 0 Å². The normalized spacial score (nSPS) is 32.1. The van der Waals surface area contributed by atoms with Crippen LogP contribution in [0.15, 0.2) is 0 Å². The molecule has 3 atom stereocenters. The molecule has 1 heterocycles. The summed E-state index contributed by atoms with van der Waals surface area (Å²) < 4.78 is 25.4. The fourth-order valence-corrected chi connectivity index (χ4v) is 4.80. The molecule has 0 aromatic rings. The van der Waals surface area contributed by atoms with Crippen LogP contribution in [-0.4, -0.2) is 66.0 Å². The summed E-state index contributed by atoms with van der Waals surface area (Å²) in [7, 11) is -3.26. The second-order valence-electron chi connectivity index (χ2n) is 6.90. The number of hydrogen-bond acceptors (Lipinski definition) is 4. The topological polar surface area (TPSA) is 95.0 Å². The zero-order valence-corrected chi connectivity index (χ0v) is 15.0. The van der Waals surface area contributed by atoms with Gasteiger partial charge in [-0.3, -0.25) is 9.59 Å². The van der Waals surface area contributed by atoms with Gasteiger partial charge in [0.05, 0.1) is 17.1 Å². The van der Waals surface area contributed by atoms with Gasteiger partial charge in [0.2, 0.25) is 15.9 Å². The standard InChI is InChI=1S/C15H26N2O5S/c1-5-23(21,22)16-6-7-17(11(4)9-16)14(20)15(10(2)3)8-12(15)13(18)19/h10-12H,5-9H2,1-4H3,(H,18,19)/t11-,12-,15+/m1/s1. The molecule has 0 aromatic heterocycles. The van der Waals surface area contributed by atoms with Crippen LogP contribution in [0, 0.1) is 17.3 Å². The van der Waals surface area contributed by atoms with E-state index in [-0.39, 0.29) is 36.7 Å². The van der Waals surface area contributed by atoms with Gasteiger partial charge in [0.25, 0.3) is 0 Å². The molecule has 1 saturated carbocycles. The summed E-state index contributed by atoms with van der Waals surface area (Å²) in [6.07, 6.45) is 0.374. The molecule has 1 amide bonds. The second-order valence-corrected chi connectivity index (χ2v) is 9.15. The Bertz CT molecular complexity index is 603. The molecule has 0 spiro atoms. The number of sulfonamides is 1. The largest absolute Gasteiger partial charge is 0.481 e. The molecule has 0 unspecified atom stereocenters. The van der Waals surface area contributed by atoms with Crippen molar-refractivity contribution in [3.8, 4) is 0 Å². The number of carboxylic acid groups (broad SMARTS) is 1. The van der Waals surface area contributed by atoms with Crippen LogP contribution in [0.1, 0.15) is 34.1 Å². The van der Waals surface area contributed by atoms with Crippen LogP contribution in [-0.2, 0) is 19.6 Å². The van der Waals surface area contributed by atoms with Crippen molar-refractivity contribution in [2.75, 3.05) is 25.4 Å². The Morgan fingerprint density at radius 2 is 1.91 bits per heavy atom. The minimum Gasteiger partial charge on any atom is -0.481 e. The molecular formula is C15H26N2O5S. The van der Waals surface area contributed by atoms with Crippen molar-refractivity contribution in [1.29, 1.82) is 0 Å². The molecule has 23 heavy (non-hydrogen) atoms. The van der Waals surface area contributed by atoms with E-state index in [9.17, 15) is 23.1 Å². The highest BCUT2D eigenvalue weighted by Crippen LogP contribution is 2.59. The molecule has 0 radical (unpaired) electrons. The van der Waals surface area contributed by atoms with E-state index in [1.165, 1.54) is 4.31 Å². The van der Waals surface area contributed by atoms with E-state index in [2.05, 4.69) is 0 Å². The number of rotatable bonds is 5. The summed E-state index contributed by atoms with van der Waals surface area (Å²) in [5.41, 5.74) is -0.827. The van der Waals surface area contributed by atoms with Crippen molar-refractivity contribution in [3.63, 3.8) is 0 Å². The number of hydrogen-bond donors (Lipinski definition) is 1. The van der Waals surface area contributed by atoms with Gasteiger partial charge in [-0.25, -0.2) is 8.42 Å². The lowest BCUT2D eigenvalue weighted by Gasteiger charge is -2.41. The lowest BCUT2D eigenvalue weighted by molar-refractivity contribution is -0.149. The van der Waals surface area contributed by atoms with Crippen molar-refractivity contribution >= 4 is 21.9 Å². The van der Waals surface area contributed by atoms with Gasteiger partial charge in [-0.05, 0) is 26.2 Å². The molecule has 1 N–H and O–H groups in total. The first-order chi connectivity index (χ1) is 10.6. The van der Waals surface area contributed by atoms with Crippen LogP contribution in [0.3, 0.4) is 0 Å².